The summed E-state index contributed by atoms with van der Waals surface area (Å²) in [5, 5.41) is 16.8. The fourth-order valence-electron chi connectivity index (χ4n) is 4.27. The summed E-state index contributed by atoms with van der Waals surface area (Å²) in [6.45, 7) is 19.2. The van der Waals surface area contributed by atoms with Crippen LogP contribution >= 0.6 is 0 Å². The van der Waals surface area contributed by atoms with Crippen LogP contribution in [-0.4, -0.2) is 34.7 Å². The summed E-state index contributed by atoms with van der Waals surface area (Å²) >= 11 is 0. The van der Waals surface area contributed by atoms with Crippen LogP contribution in [0.3, 0.4) is 0 Å². The van der Waals surface area contributed by atoms with Crippen LogP contribution in [0.2, 0.25) is 0 Å². The van der Waals surface area contributed by atoms with Gasteiger partial charge in [0, 0.05) is 17.2 Å². The van der Waals surface area contributed by atoms with Crippen LogP contribution in [0.4, 0.5) is 0 Å². The highest BCUT2D eigenvalue weighted by molar-refractivity contribution is 5.86. The van der Waals surface area contributed by atoms with Crippen molar-refractivity contribution in [1.82, 2.24) is 0 Å². The molecule has 176 valence electrons. The number of allylic oxidation sites excluding steroid dienone is 1. The van der Waals surface area contributed by atoms with Crippen LogP contribution < -0.4 is 0 Å². The molecular weight excluding hydrogens is 396 g/mol. The number of aliphatic carboxylic acids is 2. The molecule has 0 amide bonds. The Morgan fingerprint density at radius 1 is 1.13 bits per heavy atom. The lowest BCUT2D eigenvalue weighted by Gasteiger charge is -2.38. The van der Waals surface area contributed by atoms with Crippen molar-refractivity contribution in [2.75, 3.05) is 6.61 Å². The van der Waals surface area contributed by atoms with Crippen LogP contribution in [0.1, 0.15) is 73.6 Å². The number of rotatable bonds is 7. The summed E-state index contributed by atoms with van der Waals surface area (Å²) in [6, 6.07) is 0. The molecule has 2 rings (SSSR count). The van der Waals surface area contributed by atoms with Gasteiger partial charge >= 0.3 is 17.9 Å². The first kappa shape index (κ1) is 28.6. The molecule has 0 heterocycles. The Kier molecular flexibility index (Phi) is 11.5. The molecule has 0 aromatic carbocycles. The minimum absolute atomic E-state index is 0.176. The molecule has 2 aliphatic carbocycles. The van der Waals surface area contributed by atoms with E-state index >= 15 is 0 Å². The zero-order valence-electron chi connectivity index (χ0n) is 20.0. The van der Waals surface area contributed by atoms with E-state index in [1.54, 1.807) is 6.92 Å². The molecule has 2 bridgehead atoms. The molecule has 2 N–H and O–H groups in total. The fourth-order valence-corrected chi connectivity index (χ4v) is 4.27. The second-order valence-electron chi connectivity index (χ2n) is 9.18. The summed E-state index contributed by atoms with van der Waals surface area (Å²) in [7, 11) is 0. The first-order chi connectivity index (χ1) is 14.2. The maximum atomic E-state index is 10.9. The van der Waals surface area contributed by atoms with Crippen molar-refractivity contribution in [1.29, 1.82) is 0 Å². The second-order valence-corrected chi connectivity index (χ2v) is 9.18. The van der Waals surface area contributed by atoms with Crippen molar-refractivity contribution in [2.45, 2.75) is 73.6 Å². The molecule has 6 nitrogen and oxygen atoms in total. The third kappa shape index (κ3) is 8.00. The van der Waals surface area contributed by atoms with Crippen LogP contribution in [-0.2, 0) is 19.1 Å². The average molecular weight is 437 g/mol. The van der Waals surface area contributed by atoms with E-state index in [4.69, 9.17) is 10.2 Å². The normalized spacial score (nSPS) is 25.3. The van der Waals surface area contributed by atoms with E-state index in [0.717, 1.165) is 18.8 Å². The molecule has 2 fully saturated rings. The van der Waals surface area contributed by atoms with Crippen LogP contribution in [0.5, 0.6) is 0 Å². The van der Waals surface area contributed by atoms with Gasteiger partial charge in [0.05, 0.1) is 6.61 Å². The van der Waals surface area contributed by atoms with Crippen molar-refractivity contribution in [3.8, 4) is 0 Å². The van der Waals surface area contributed by atoms with Crippen LogP contribution in [0.25, 0.3) is 0 Å². The van der Waals surface area contributed by atoms with Crippen LogP contribution in [0.15, 0.2) is 36.5 Å². The zero-order chi connectivity index (χ0) is 24.4. The molecule has 0 radical (unpaired) electrons. The Labute approximate surface area is 187 Å². The molecular formula is C25H40O6. The SMILES string of the molecule is C=C(C)C(=O)O.C=CC(=O)OCCCC.CC(=CC1CC2CCC1(C)C2(C)C)C(=O)O. The average Bonchev–Trinajstić information content (AvgIpc) is 3.02. The van der Waals surface area contributed by atoms with Crippen LogP contribution in [0, 0.1) is 22.7 Å². The highest BCUT2D eigenvalue weighted by atomic mass is 16.5. The molecule has 0 saturated heterocycles. The topological polar surface area (TPSA) is 101 Å². The monoisotopic (exact) mass is 436 g/mol. The van der Waals surface area contributed by atoms with Crippen molar-refractivity contribution in [2.24, 2.45) is 22.7 Å². The van der Waals surface area contributed by atoms with E-state index in [-0.39, 0.29) is 11.5 Å². The molecule has 3 atom stereocenters. The first-order valence-electron chi connectivity index (χ1n) is 10.8. The van der Waals surface area contributed by atoms with Crippen molar-refractivity contribution in [3.05, 3.63) is 36.5 Å². The van der Waals surface area contributed by atoms with Gasteiger partial charge in [0.2, 0.25) is 0 Å². The first-order valence-corrected chi connectivity index (χ1v) is 10.8. The maximum absolute atomic E-state index is 10.9. The summed E-state index contributed by atoms with van der Waals surface area (Å²) in [4.78, 5) is 30.8. The minimum atomic E-state index is -0.935. The Hall–Kier alpha value is -2.37. The predicted molar refractivity (Wildman–Crippen MR) is 123 cm³/mol. The molecule has 6 heteroatoms. The highest BCUT2D eigenvalue weighted by Gasteiger charge is 2.60. The van der Waals surface area contributed by atoms with Gasteiger partial charge in [-0.25, -0.2) is 14.4 Å². The van der Waals surface area contributed by atoms with E-state index in [0.29, 0.717) is 28.9 Å². The fraction of sp³-hybridized carbons (Fsp3) is 0.640. The van der Waals surface area contributed by atoms with Gasteiger partial charge < -0.3 is 14.9 Å². The Bertz CT molecular complexity index is 691. The van der Waals surface area contributed by atoms with Gasteiger partial charge in [-0.15, -0.1) is 0 Å². The van der Waals surface area contributed by atoms with Gasteiger partial charge in [-0.1, -0.05) is 53.3 Å². The van der Waals surface area contributed by atoms with Crippen molar-refractivity contribution in [3.63, 3.8) is 0 Å². The van der Waals surface area contributed by atoms with Gasteiger partial charge in [-0.3, -0.25) is 0 Å². The van der Waals surface area contributed by atoms with E-state index in [1.165, 1.54) is 32.3 Å². The second kappa shape index (κ2) is 12.5. The predicted octanol–water partition coefficient (Wildman–Crippen LogP) is 5.64. The Morgan fingerprint density at radius 3 is 2.00 bits per heavy atom. The Balaban J connectivity index is 0.000000509. The number of carbonyl (C=O) groups excluding carboxylic acids is 1. The largest absolute Gasteiger partial charge is 0.478 e. The lowest BCUT2D eigenvalue weighted by Crippen LogP contribution is -2.31. The standard InChI is InChI=1S/C14H22O2.C7H12O2.C4H6O2/c1-9(12(15)16)7-11-8-10-5-6-14(11,4)13(10,2)3;1-3-5-6-9-7(8)4-2;1-3(2)4(5)6/h7,10-11H,5-6,8H2,1-4H3,(H,15,16);4H,2-3,5-6H2,1H3;1H2,2H3,(H,5,6). The van der Waals surface area contributed by atoms with E-state index in [9.17, 15) is 14.4 Å². The number of hydrogen-bond acceptors (Lipinski definition) is 4. The summed E-state index contributed by atoms with van der Waals surface area (Å²) in [5.41, 5.74) is 1.35. The maximum Gasteiger partial charge on any atom is 0.330 e. The number of esters is 1. The number of carboxylic acid groups (broad SMARTS) is 2. The van der Waals surface area contributed by atoms with Gasteiger partial charge in [0.15, 0.2) is 0 Å². The lowest BCUT2D eigenvalue weighted by atomic mass is 9.66. The van der Waals surface area contributed by atoms with Gasteiger partial charge in [0.25, 0.3) is 0 Å². The Morgan fingerprint density at radius 2 is 1.68 bits per heavy atom. The summed E-state index contributed by atoms with van der Waals surface area (Å²) < 4.78 is 4.67. The molecule has 0 aliphatic heterocycles. The van der Waals surface area contributed by atoms with E-state index < -0.39 is 11.9 Å². The molecule has 0 spiro atoms. The lowest BCUT2D eigenvalue weighted by molar-refractivity contribution is -0.138. The number of fused-ring (bicyclic) bond motifs is 2. The molecule has 31 heavy (non-hydrogen) atoms. The van der Waals surface area contributed by atoms with Gasteiger partial charge in [-0.2, -0.15) is 0 Å². The smallest absolute Gasteiger partial charge is 0.330 e. The zero-order valence-corrected chi connectivity index (χ0v) is 20.0. The van der Waals surface area contributed by atoms with Crippen molar-refractivity contribution >= 4 is 17.9 Å². The third-order valence-electron chi connectivity index (χ3n) is 6.92. The number of carboxylic acids is 2. The molecule has 0 aromatic heterocycles. The van der Waals surface area contributed by atoms with Crippen molar-refractivity contribution < 1.29 is 29.3 Å². The molecule has 2 aliphatic rings. The molecule has 2 saturated carbocycles. The van der Waals surface area contributed by atoms with E-state index in [1.807, 2.05) is 13.0 Å². The number of unbranched alkanes of at least 4 members (excludes halogenated alkanes) is 1. The third-order valence-corrected chi connectivity index (χ3v) is 6.92. The number of hydrogen-bond donors (Lipinski definition) is 2. The number of ether oxygens (including phenoxy) is 1. The number of carbonyl (C=O) groups is 3. The minimum Gasteiger partial charge on any atom is -0.478 e. The summed E-state index contributed by atoms with van der Waals surface area (Å²) in [5.74, 6) is -0.805. The molecule has 0 aromatic rings. The van der Waals surface area contributed by atoms with Gasteiger partial charge in [0.1, 0.15) is 0 Å². The quantitative estimate of drug-likeness (QED) is 0.304. The van der Waals surface area contributed by atoms with E-state index in [2.05, 4.69) is 38.7 Å². The molecule has 3 unspecified atom stereocenters. The van der Waals surface area contributed by atoms with Gasteiger partial charge in [-0.05, 0) is 62.2 Å². The highest BCUT2D eigenvalue weighted by Crippen LogP contribution is 2.68. The summed E-state index contributed by atoms with van der Waals surface area (Å²) in [6.07, 6.45) is 8.90.